The van der Waals surface area contributed by atoms with Gasteiger partial charge in [0.2, 0.25) is 0 Å². The molecule has 0 aliphatic rings. The largest absolute Gasteiger partial charge is 0.384 e. The van der Waals surface area contributed by atoms with Crippen LogP contribution in [0.5, 0.6) is 0 Å². The lowest BCUT2D eigenvalue weighted by Crippen LogP contribution is -2.03. The molecule has 0 saturated heterocycles. The number of hydrogen-bond acceptors (Lipinski definition) is 4. The average molecular weight is 263 g/mol. The molecule has 0 atom stereocenters. The molecule has 0 bridgehead atoms. The molecule has 0 unspecified atom stereocenters. The molecule has 5 heteroatoms. The molecule has 94 valence electrons. The average Bonchev–Trinajstić information content (AvgIpc) is 2.34. The Balaban J connectivity index is 2.34. The molecule has 0 aliphatic heterocycles. The number of nitrogens with one attached hydrogen (secondary N) is 1. The lowest BCUT2D eigenvalue weighted by atomic mass is 10.2. The van der Waals surface area contributed by atoms with Gasteiger partial charge in [-0.05, 0) is 24.6 Å². The smallest absolute Gasteiger partial charge is 0.136 e. The minimum absolute atomic E-state index is 0.462. The zero-order chi connectivity index (χ0) is 13.1. The van der Waals surface area contributed by atoms with E-state index in [0.717, 1.165) is 28.5 Å². The SMILES string of the molecule is CCc1nc(N)cc(Nc2cccc(Cl)c2C)n1. The second-order valence-corrected chi connectivity index (χ2v) is 4.39. The van der Waals surface area contributed by atoms with Gasteiger partial charge in [-0.25, -0.2) is 9.97 Å². The number of nitrogens with two attached hydrogens (primary N) is 1. The maximum absolute atomic E-state index is 6.07. The fourth-order valence-electron chi connectivity index (χ4n) is 1.62. The molecule has 4 nitrogen and oxygen atoms in total. The summed E-state index contributed by atoms with van der Waals surface area (Å²) in [6.07, 6.45) is 0.744. The van der Waals surface area contributed by atoms with Crippen molar-refractivity contribution >= 4 is 28.9 Å². The van der Waals surface area contributed by atoms with Gasteiger partial charge in [-0.15, -0.1) is 0 Å². The molecule has 0 aliphatic carbocycles. The molecule has 0 fully saturated rings. The predicted molar refractivity (Wildman–Crippen MR) is 75.3 cm³/mol. The van der Waals surface area contributed by atoms with Crippen LogP contribution in [0.1, 0.15) is 18.3 Å². The summed E-state index contributed by atoms with van der Waals surface area (Å²) in [5.41, 5.74) is 7.64. The van der Waals surface area contributed by atoms with E-state index in [0.29, 0.717) is 11.6 Å². The van der Waals surface area contributed by atoms with Gasteiger partial charge < -0.3 is 11.1 Å². The number of rotatable bonds is 3. The van der Waals surface area contributed by atoms with Crippen LogP contribution in [0.15, 0.2) is 24.3 Å². The van der Waals surface area contributed by atoms with Crippen LogP contribution in [-0.2, 0) is 6.42 Å². The zero-order valence-corrected chi connectivity index (χ0v) is 11.1. The van der Waals surface area contributed by atoms with Crippen LogP contribution in [0.25, 0.3) is 0 Å². The Morgan fingerprint density at radius 2 is 2.11 bits per heavy atom. The lowest BCUT2D eigenvalue weighted by molar-refractivity contribution is 0.948. The first-order valence-corrected chi connectivity index (χ1v) is 6.13. The van der Waals surface area contributed by atoms with Gasteiger partial charge in [0.05, 0.1) is 0 Å². The van der Waals surface area contributed by atoms with Crippen molar-refractivity contribution in [2.45, 2.75) is 20.3 Å². The highest BCUT2D eigenvalue weighted by atomic mass is 35.5. The van der Waals surface area contributed by atoms with Crippen molar-refractivity contribution in [2.75, 3.05) is 11.1 Å². The van der Waals surface area contributed by atoms with Gasteiger partial charge in [0.25, 0.3) is 0 Å². The zero-order valence-electron chi connectivity index (χ0n) is 10.4. The summed E-state index contributed by atoms with van der Waals surface area (Å²) in [5.74, 6) is 1.87. The first kappa shape index (κ1) is 12.6. The van der Waals surface area contributed by atoms with Crippen LogP contribution in [-0.4, -0.2) is 9.97 Å². The fraction of sp³-hybridized carbons (Fsp3) is 0.231. The number of nitrogen functional groups attached to an aromatic ring is 1. The summed E-state index contributed by atoms with van der Waals surface area (Å²) in [5, 5.41) is 3.93. The molecular formula is C13H15ClN4. The number of halogens is 1. The molecule has 1 aromatic carbocycles. The Hall–Kier alpha value is -1.81. The van der Waals surface area contributed by atoms with Crippen LogP contribution >= 0.6 is 11.6 Å². The van der Waals surface area contributed by atoms with Crippen LogP contribution in [0.4, 0.5) is 17.3 Å². The quantitative estimate of drug-likeness (QED) is 0.891. The number of aromatic nitrogens is 2. The van der Waals surface area contributed by atoms with Gasteiger partial charge in [0, 0.05) is 23.2 Å². The molecule has 0 amide bonds. The van der Waals surface area contributed by atoms with Crippen LogP contribution in [0.2, 0.25) is 5.02 Å². The monoisotopic (exact) mass is 262 g/mol. The van der Waals surface area contributed by atoms with Crippen LogP contribution in [0, 0.1) is 6.92 Å². The highest BCUT2D eigenvalue weighted by Crippen LogP contribution is 2.25. The van der Waals surface area contributed by atoms with Crippen molar-refractivity contribution in [3.8, 4) is 0 Å². The van der Waals surface area contributed by atoms with Crippen molar-refractivity contribution in [2.24, 2.45) is 0 Å². The molecule has 3 N–H and O–H groups in total. The summed E-state index contributed by atoms with van der Waals surface area (Å²) in [6, 6.07) is 7.40. The minimum Gasteiger partial charge on any atom is -0.384 e. The second kappa shape index (κ2) is 5.23. The maximum Gasteiger partial charge on any atom is 0.136 e. The number of benzene rings is 1. The molecule has 2 aromatic rings. The third-order valence-electron chi connectivity index (χ3n) is 2.64. The highest BCUT2D eigenvalue weighted by molar-refractivity contribution is 6.31. The van der Waals surface area contributed by atoms with Gasteiger partial charge in [0.15, 0.2) is 0 Å². The Bertz CT molecular complexity index is 569. The molecule has 1 heterocycles. The number of nitrogens with zero attached hydrogens (tertiary/aromatic N) is 2. The van der Waals surface area contributed by atoms with E-state index in [4.69, 9.17) is 17.3 Å². The predicted octanol–water partition coefficient (Wildman–Crippen LogP) is 3.33. The molecular weight excluding hydrogens is 248 g/mol. The van der Waals surface area contributed by atoms with E-state index in [1.807, 2.05) is 32.0 Å². The third kappa shape index (κ3) is 2.71. The van der Waals surface area contributed by atoms with E-state index in [2.05, 4.69) is 15.3 Å². The topological polar surface area (TPSA) is 63.8 Å². The van der Waals surface area contributed by atoms with Gasteiger partial charge in [-0.3, -0.25) is 0 Å². The first-order chi connectivity index (χ1) is 8.60. The Morgan fingerprint density at radius 3 is 2.83 bits per heavy atom. The van der Waals surface area contributed by atoms with E-state index < -0.39 is 0 Å². The normalized spacial score (nSPS) is 10.4. The lowest BCUT2D eigenvalue weighted by Gasteiger charge is -2.11. The fourth-order valence-corrected chi connectivity index (χ4v) is 1.80. The molecule has 0 saturated carbocycles. The van der Waals surface area contributed by atoms with Gasteiger partial charge in [0.1, 0.15) is 17.5 Å². The highest BCUT2D eigenvalue weighted by Gasteiger charge is 2.05. The number of anilines is 3. The summed E-state index contributed by atoms with van der Waals surface area (Å²) < 4.78 is 0. The molecule has 1 aromatic heterocycles. The van der Waals surface area contributed by atoms with Crippen LogP contribution < -0.4 is 11.1 Å². The molecule has 0 spiro atoms. The van der Waals surface area contributed by atoms with Crippen molar-refractivity contribution in [1.29, 1.82) is 0 Å². The van der Waals surface area contributed by atoms with Crippen LogP contribution in [0.3, 0.4) is 0 Å². The van der Waals surface area contributed by atoms with Gasteiger partial charge >= 0.3 is 0 Å². The Labute approximate surface area is 111 Å². The number of aryl methyl sites for hydroxylation is 1. The van der Waals surface area contributed by atoms with E-state index in [1.54, 1.807) is 6.07 Å². The van der Waals surface area contributed by atoms with Gasteiger partial charge in [-0.2, -0.15) is 0 Å². The minimum atomic E-state index is 0.462. The van der Waals surface area contributed by atoms with Gasteiger partial charge in [-0.1, -0.05) is 24.6 Å². The summed E-state index contributed by atoms with van der Waals surface area (Å²) in [4.78, 5) is 8.51. The van der Waals surface area contributed by atoms with Crippen molar-refractivity contribution < 1.29 is 0 Å². The van der Waals surface area contributed by atoms with Crippen molar-refractivity contribution in [3.05, 3.63) is 40.7 Å². The van der Waals surface area contributed by atoms with Crippen molar-refractivity contribution in [1.82, 2.24) is 9.97 Å². The Kier molecular flexibility index (Phi) is 3.67. The Morgan fingerprint density at radius 1 is 1.33 bits per heavy atom. The standard InChI is InChI=1S/C13H15ClN4/c1-3-12-17-11(15)7-13(18-12)16-10-6-4-5-9(14)8(10)2/h4-7H,3H2,1-2H3,(H3,15,16,17,18). The summed E-state index contributed by atoms with van der Waals surface area (Å²) >= 11 is 6.07. The second-order valence-electron chi connectivity index (χ2n) is 3.99. The number of hydrogen-bond donors (Lipinski definition) is 2. The summed E-state index contributed by atoms with van der Waals surface area (Å²) in [7, 11) is 0. The molecule has 2 rings (SSSR count). The summed E-state index contributed by atoms with van der Waals surface area (Å²) in [6.45, 7) is 3.94. The molecule has 0 radical (unpaired) electrons. The molecule has 18 heavy (non-hydrogen) atoms. The first-order valence-electron chi connectivity index (χ1n) is 5.75. The third-order valence-corrected chi connectivity index (χ3v) is 3.05. The van der Waals surface area contributed by atoms with E-state index in [1.165, 1.54) is 0 Å². The van der Waals surface area contributed by atoms with E-state index in [9.17, 15) is 0 Å². The van der Waals surface area contributed by atoms with E-state index >= 15 is 0 Å². The maximum atomic E-state index is 6.07. The van der Waals surface area contributed by atoms with E-state index in [-0.39, 0.29) is 0 Å². The van der Waals surface area contributed by atoms with Crippen molar-refractivity contribution in [3.63, 3.8) is 0 Å².